The van der Waals surface area contributed by atoms with Crippen LogP contribution in [-0.4, -0.2) is 21.9 Å². The average molecular weight is 397 g/mol. The molecule has 0 fully saturated rings. The molecule has 3 aromatic rings. The molecule has 1 heterocycles. The minimum absolute atomic E-state index is 0.0285. The normalized spacial score (nSPS) is 10.7. The van der Waals surface area contributed by atoms with Gasteiger partial charge in [-0.15, -0.1) is 11.8 Å². The number of carbonyl (C=O) groups excluding carboxylic acids is 1. The fourth-order valence-electron chi connectivity index (χ4n) is 1.97. The van der Waals surface area contributed by atoms with Crippen LogP contribution in [0.5, 0.6) is 0 Å². The predicted octanol–water partition coefficient (Wildman–Crippen LogP) is 4.50. The summed E-state index contributed by atoms with van der Waals surface area (Å²) in [5.41, 5.74) is 0.590. The number of halogens is 3. The van der Waals surface area contributed by atoms with Crippen LogP contribution in [0.15, 0.2) is 51.9 Å². The molecule has 0 amide bonds. The van der Waals surface area contributed by atoms with Crippen molar-refractivity contribution >= 4 is 29.3 Å². The van der Waals surface area contributed by atoms with Crippen molar-refractivity contribution in [1.82, 2.24) is 10.1 Å². The van der Waals surface area contributed by atoms with Gasteiger partial charge in [-0.05, 0) is 30.3 Å². The number of rotatable bonds is 6. The Morgan fingerprint density at radius 1 is 1.23 bits per heavy atom. The molecule has 0 aliphatic heterocycles. The Hall–Kier alpha value is -2.45. The molecule has 0 bridgehead atoms. The first kappa shape index (κ1) is 18.3. The van der Waals surface area contributed by atoms with Gasteiger partial charge in [0.25, 0.3) is 5.89 Å². The monoisotopic (exact) mass is 396 g/mol. The molecule has 9 heteroatoms. The van der Waals surface area contributed by atoms with Gasteiger partial charge in [0, 0.05) is 10.5 Å². The topological polar surface area (TPSA) is 65.2 Å². The number of carbonyl (C=O) groups is 1. The predicted molar refractivity (Wildman–Crippen MR) is 91.6 cm³/mol. The lowest BCUT2D eigenvalue weighted by atomic mass is 10.2. The van der Waals surface area contributed by atoms with Crippen molar-refractivity contribution in [2.75, 3.05) is 5.75 Å². The van der Waals surface area contributed by atoms with Gasteiger partial charge in [0.05, 0.1) is 10.8 Å². The van der Waals surface area contributed by atoms with Crippen molar-refractivity contribution in [3.63, 3.8) is 0 Å². The van der Waals surface area contributed by atoms with Gasteiger partial charge in [-0.3, -0.25) is 4.79 Å². The Labute approximate surface area is 156 Å². The van der Waals surface area contributed by atoms with Crippen LogP contribution in [0.25, 0.3) is 11.4 Å². The molecular weight excluding hydrogens is 386 g/mol. The van der Waals surface area contributed by atoms with Crippen molar-refractivity contribution in [3.8, 4) is 11.4 Å². The molecule has 3 rings (SSSR count). The highest BCUT2D eigenvalue weighted by molar-refractivity contribution is 8.00. The molecule has 0 aliphatic carbocycles. The van der Waals surface area contributed by atoms with Crippen LogP contribution in [0.4, 0.5) is 8.78 Å². The molecule has 0 atom stereocenters. The van der Waals surface area contributed by atoms with E-state index in [9.17, 15) is 13.6 Å². The van der Waals surface area contributed by atoms with Crippen LogP contribution >= 0.6 is 23.4 Å². The molecule has 134 valence electrons. The fourth-order valence-corrected chi connectivity index (χ4v) is 2.95. The van der Waals surface area contributed by atoms with E-state index in [1.807, 2.05) is 0 Å². The van der Waals surface area contributed by atoms with E-state index < -0.39 is 17.6 Å². The Bertz CT molecular complexity index is 936. The summed E-state index contributed by atoms with van der Waals surface area (Å²) in [5, 5.41) is 4.25. The van der Waals surface area contributed by atoms with Crippen LogP contribution in [-0.2, 0) is 16.1 Å². The van der Waals surface area contributed by atoms with E-state index in [0.29, 0.717) is 10.6 Å². The summed E-state index contributed by atoms with van der Waals surface area (Å²) < 4.78 is 36.6. The van der Waals surface area contributed by atoms with E-state index in [1.54, 1.807) is 24.3 Å². The van der Waals surface area contributed by atoms with E-state index in [2.05, 4.69) is 10.1 Å². The molecule has 0 aliphatic rings. The number of thioether (sulfide) groups is 1. The third kappa shape index (κ3) is 4.59. The molecule has 0 unspecified atom stereocenters. The summed E-state index contributed by atoms with van der Waals surface area (Å²) in [6, 6.07) is 9.99. The van der Waals surface area contributed by atoms with Crippen LogP contribution in [0.1, 0.15) is 5.89 Å². The Morgan fingerprint density at radius 2 is 2.04 bits per heavy atom. The molecule has 26 heavy (non-hydrogen) atoms. The van der Waals surface area contributed by atoms with Crippen molar-refractivity contribution in [3.05, 3.63) is 65.0 Å². The van der Waals surface area contributed by atoms with Gasteiger partial charge in [-0.1, -0.05) is 28.9 Å². The van der Waals surface area contributed by atoms with Crippen LogP contribution in [0, 0.1) is 11.6 Å². The van der Waals surface area contributed by atoms with Crippen LogP contribution < -0.4 is 0 Å². The number of nitrogens with zero attached hydrogens (tertiary/aromatic N) is 2. The summed E-state index contributed by atoms with van der Waals surface area (Å²) in [6.45, 7) is -0.234. The first-order valence-electron chi connectivity index (χ1n) is 7.34. The fraction of sp³-hybridized carbons (Fsp3) is 0.118. The molecule has 2 aromatic carbocycles. The lowest BCUT2D eigenvalue weighted by molar-refractivity contribution is -0.142. The van der Waals surface area contributed by atoms with Crippen molar-refractivity contribution < 1.29 is 22.8 Å². The van der Waals surface area contributed by atoms with Crippen molar-refractivity contribution in [1.29, 1.82) is 0 Å². The highest BCUT2D eigenvalue weighted by Crippen LogP contribution is 2.25. The third-order valence-corrected chi connectivity index (χ3v) is 4.51. The third-order valence-electron chi connectivity index (χ3n) is 3.18. The second kappa shape index (κ2) is 8.29. The summed E-state index contributed by atoms with van der Waals surface area (Å²) in [5.74, 6) is -1.64. The van der Waals surface area contributed by atoms with Crippen LogP contribution in [0.2, 0.25) is 5.02 Å². The lowest BCUT2D eigenvalue weighted by Crippen LogP contribution is -2.07. The number of hydrogen-bond donors (Lipinski definition) is 0. The smallest absolute Gasteiger partial charge is 0.316 e. The van der Waals surface area contributed by atoms with Gasteiger partial charge in [0.2, 0.25) is 5.82 Å². The summed E-state index contributed by atoms with van der Waals surface area (Å²) in [4.78, 5) is 15.9. The van der Waals surface area contributed by atoms with Gasteiger partial charge in [0.1, 0.15) is 11.6 Å². The van der Waals surface area contributed by atoms with Gasteiger partial charge >= 0.3 is 5.97 Å². The van der Waals surface area contributed by atoms with Gasteiger partial charge in [-0.25, -0.2) is 8.78 Å². The van der Waals surface area contributed by atoms with E-state index in [-0.39, 0.29) is 29.0 Å². The van der Waals surface area contributed by atoms with Gasteiger partial charge in [-0.2, -0.15) is 4.98 Å². The van der Waals surface area contributed by atoms with Gasteiger partial charge in [0.15, 0.2) is 6.61 Å². The molecular formula is C17H11ClF2N2O3S. The van der Waals surface area contributed by atoms with Gasteiger partial charge < -0.3 is 9.26 Å². The maximum Gasteiger partial charge on any atom is 0.316 e. The number of benzene rings is 2. The SMILES string of the molecule is O=C(CSc1cc(F)ccc1F)OCc1nc(-c2ccccc2Cl)no1. The van der Waals surface area contributed by atoms with Crippen LogP contribution in [0.3, 0.4) is 0 Å². The quantitative estimate of drug-likeness (QED) is 0.451. The second-order valence-corrected chi connectivity index (χ2v) is 6.44. The summed E-state index contributed by atoms with van der Waals surface area (Å²) in [6.07, 6.45) is 0. The maximum absolute atomic E-state index is 13.5. The number of ether oxygens (including phenoxy) is 1. The molecule has 0 saturated heterocycles. The molecule has 5 nitrogen and oxygen atoms in total. The Morgan fingerprint density at radius 3 is 2.85 bits per heavy atom. The largest absolute Gasteiger partial charge is 0.455 e. The maximum atomic E-state index is 13.5. The Kier molecular flexibility index (Phi) is 5.85. The highest BCUT2D eigenvalue weighted by atomic mass is 35.5. The first-order chi connectivity index (χ1) is 12.5. The minimum Gasteiger partial charge on any atom is -0.455 e. The zero-order valence-electron chi connectivity index (χ0n) is 13.1. The van der Waals surface area contributed by atoms with Crippen molar-refractivity contribution in [2.24, 2.45) is 0 Å². The second-order valence-electron chi connectivity index (χ2n) is 5.02. The van der Waals surface area contributed by atoms with E-state index >= 15 is 0 Å². The van der Waals surface area contributed by atoms with Crippen molar-refractivity contribution in [2.45, 2.75) is 11.5 Å². The lowest BCUT2D eigenvalue weighted by Gasteiger charge is -2.03. The zero-order valence-corrected chi connectivity index (χ0v) is 14.7. The molecule has 0 radical (unpaired) electrons. The highest BCUT2D eigenvalue weighted by Gasteiger charge is 2.14. The summed E-state index contributed by atoms with van der Waals surface area (Å²) >= 11 is 6.89. The van der Waals surface area contributed by atoms with E-state index in [4.69, 9.17) is 20.9 Å². The zero-order chi connectivity index (χ0) is 18.5. The average Bonchev–Trinajstić information content (AvgIpc) is 3.10. The molecule has 1 aromatic heterocycles. The summed E-state index contributed by atoms with van der Waals surface area (Å²) in [7, 11) is 0. The number of aromatic nitrogens is 2. The molecule has 0 N–H and O–H groups in total. The van der Waals surface area contributed by atoms with E-state index in [1.165, 1.54) is 0 Å². The standard InChI is InChI=1S/C17H11ClF2N2O3S/c18-12-4-2-1-3-11(12)17-21-15(25-22-17)8-24-16(23)9-26-14-7-10(19)5-6-13(14)20/h1-7H,8-9H2. The molecule has 0 saturated carbocycles. The Balaban J connectivity index is 1.54. The molecule has 0 spiro atoms. The van der Waals surface area contributed by atoms with E-state index in [0.717, 1.165) is 30.0 Å². The number of esters is 1. The first-order valence-corrected chi connectivity index (χ1v) is 8.70. The minimum atomic E-state index is -0.629. The number of hydrogen-bond acceptors (Lipinski definition) is 6.